The molecule has 6 nitrogen and oxygen atoms in total. The Morgan fingerprint density at radius 3 is 2.53 bits per heavy atom. The third kappa shape index (κ3) is 3.82. The van der Waals surface area contributed by atoms with Crippen LogP contribution in [0.25, 0.3) is 0 Å². The Hall–Kier alpha value is -1.98. The van der Waals surface area contributed by atoms with E-state index in [9.17, 15) is 9.59 Å². The molecular formula is C11H16N2O4. The van der Waals surface area contributed by atoms with E-state index in [0.717, 1.165) is 5.76 Å². The molecule has 1 aromatic heterocycles. The molecule has 0 spiro atoms. The van der Waals surface area contributed by atoms with Crippen LogP contribution in [0.4, 0.5) is 4.79 Å². The van der Waals surface area contributed by atoms with E-state index in [2.05, 4.69) is 10.6 Å². The molecule has 6 heteroatoms. The van der Waals surface area contributed by atoms with Crippen molar-refractivity contribution < 1.29 is 19.1 Å². The van der Waals surface area contributed by atoms with Gasteiger partial charge in [-0.3, -0.25) is 0 Å². The highest BCUT2D eigenvalue weighted by Crippen LogP contribution is 2.06. The first-order valence-electron chi connectivity index (χ1n) is 5.16. The lowest BCUT2D eigenvalue weighted by Gasteiger charge is -2.20. The number of nitrogens with one attached hydrogen (secondary N) is 2. The zero-order valence-electron chi connectivity index (χ0n) is 10.0. The normalized spacial score (nSPS) is 11.0. The number of carboxylic acids is 1. The molecule has 94 valence electrons. The first-order chi connectivity index (χ1) is 7.81. The molecule has 0 aliphatic rings. The van der Waals surface area contributed by atoms with Crippen molar-refractivity contribution >= 4 is 12.0 Å². The number of carbonyl (C=O) groups is 2. The molecule has 3 N–H and O–H groups in total. The highest BCUT2D eigenvalue weighted by molar-refractivity contribution is 5.85. The number of urea groups is 1. The number of furan rings is 1. The number of amides is 2. The van der Waals surface area contributed by atoms with Gasteiger partial charge in [0.1, 0.15) is 17.1 Å². The predicted octanol–water partition coefficient (Wildman–Crippen LogP) is 1.25. The van der Waals surface area contributed by atoms with Crippen molar-refractivity contribution in [3.8, 4) is 0 Å². The van der Waals surface area contributed by atoms with Gasteiger partial charge in [0.15, 0.2) is 0 Å². The Balaban J connectivity index is 2.43. The zero-order chi connectivity index (χ0) is 13.1. The molecule has 1 aromatic rings. The Kier molecular flexibility index (Phi) is 3.77. The monoisotopic (exact) mass is 240 g/mol. The van der Waals surface area contributed by atoms with Crippen LogP contribution < -0.4 is 10.6 Å². The van der Waals surface area contributed by atoms with Crippen LogP contribution in [0.3, 0.4) is 0 Å². The van der Waals surface area contributed by atoms with E-state index in [0.29, 0.717) is 5.76 Å². The van der Waals surface area contributed by atoms with Crippen molar-refractivity contribution in [3.05, 3.63) is 23.7 Å². The lowest BCUT2D eigenvalue weighted by atomic mass is 10.1. The summed E-state index contributed by atoms with van der Waals surface area (Å²) in [6.45, 7) is 4.84. The Morgan fingerprint density at radius 2 is 2.06 bits per heavy atom. The van der Waals surface area contributed by atoms with E-state index < -0.39 is 17.5 Å². The molecule has 1 heterocycles. The van der Waals surface area contributed by atoms with Crippen molar-refractivity contribution in [2.24, 2.45) is 0 Å². The van der Waals surface area contributed by atoms with Gasteiger partial charge in [0.2, 0.25) is 0 Å². The molecule has 0 bridgehead atoms. The average molecular weight is 240 g/mol. The molecule has 0 radical (unpaired) electrons. The molecule has 0 aliphatic heterocycles. The van der Waals surface area contributed by atoms with Crippen molar-refractivity contribution in [1.82, 2.24) is 10.6 Å². The summed E-state index contributed by atoms with van der Waals surface area (Å²) >= 11 is 0. The maximum absolute atomic E-state index is 11.4. The Labute approximate surface area is 99.0 Å². The van der Waals surface area contributed by atoms with Crippen molar-refractivity contribution in [2.75, 3.05) is 0 Å². The van der Waals surface area contributed by atoms with Crippen molar-refractivity contribution in [2.45, 2.75) is 32.9 Å². The van der Waals surface area contributed by atoms with Gasteiger partial charge in [-0.2, -0.15) is 0 Å². The minimum atomic E-state index is -1.30. The van der Waals surface area contributed by atoms with Crippen LogP contribution in [0.1, 0.15) is 25.4 Å². The molecule has 0 saturated carbocycles. The molecular weight excluding hydrogens is 224 g/mol. The van der Waals surface area contributed by atoms with Gasteiger partial charge in [0.25, 0.3) is 0 Å². The summed E-state index contributed by atoms with van der Waals surface area (Å²) in [6.07, 6.45) is 0. The highest BCUT2D eigenvalue weighted by Gasteiger charge is 2.28. The largest absolute Gasteiger partial charge is 0.480 e. The standard InChI is InChI=1S/C11H16N2O4/c1-7-4-5-8(17-7)6-12-10(16)13-11(2,3)9(14)15/h4-5H,6H2,1-3H3,(H,14,15)(H2,12,13,16). The van der Waals surface area contributed by atoms with E-state index in [1.807, 2.05) is 0 Å². The number of hydrogen-bond donors (Lipinski definition) is 3. The van der Waals surface area contributed by atoms with Crippen LogP contribution in [0.5, 0.6) is 0 Å². The first kappa shape index (κ1) is 13.1. The van der Waals surface area contributed by atoms with Crippen LogP contribution >= 0.6 is 0 Å². The fourth-order valence-electron chi connectivity index (χ4n) is 1.13. The Bertz CT molecular complexity index is 423. The predicted molar refractivity (Wildman–Crippen MR) is 60.5 cm³/mol. The third-order valence-electron chi connectivity index (χ3n) is 2.18. The average Bonchev–Trinajstić information content (AvgIpc) is 2.60. The Morgan fingerprint density at radius 1 is 1.41 bits per heavy atom. The highest BCUT2D eigenvalue weighted by atomic mass is 16.4. The minimum Gasteiger partial charge on any atom is -0.480 e. The van der Waals surface area contributed by atoms with Crippen LogP contribution in [0, 0.1) is 6.92 Å². The van der Waals surface area contributed by atoms with Gasteiger partial charge in [-0.15, -0.1) is 0 Å². The lowest BCUT2D eigenvalue weighted by molar-refractivity contribution is -0.142. The summed E-state index contributed by atoms with van der Waals surface area (Å²) in [5, 5.41) is 13.7. The van der Waals surface area contributed by atoms with E-state index in [-0.39, 0.29) is 6.54 Å². The van der Waals surface area contributed by atoms with Crippen LogP contribution in [-0.2, 0) is 11.3 Å². The topological polar surface area (TPSA) is 91.6 Å². The third-order valence-corrected chi connectivity index (χ3v) is 2.18. The summed E-state index contributed by atoms with van der Waals surface area (Å²) in [4.78, 5) is 22.2. The molecule has 1 rings (SSSR count). The van der Waals surface area contributed by atoms with Crippen LogP contribution in [-0.4, -0.2) is 22.6 Å². The maximum Gasteiger partial charge on any atom is 0.328 e. The summed E-state index contributed by atoms with van der Waals surface area (Å²) in [5.74, 6) is 0.278. The molecule has 0 aromatic carbocycles. The number of carbonyl (C=O) groups excluding carboxylic acids is 1. The van der Waals surface area contributed by atoms with Gasteiger partial charge in [0, 0.05) is 0 Å². The minimum absolute atomic E-state index is 0.218. The maximum atomic E-state index is 11.4. The SMILES string of the molecule is Cc1ccc(CNC(=O)NC(C)(C)C(=O)O)o1. The lowest BCUT2D eigenvalue weighted by Crippen LogP contribution is -2.52. The second kappa shape index (κ2) is 4.90. The van der Waals surface area contributed by atoms with Gasteiger partial charge in [-0.05, 0) is 32.9 Å². The number of rotatable bonds is 4. The second-order valence-electron chi connectivity index (χ2n) is 4.25. The summed E-state index contributed by atoms with van der Waals surface area (Å²) < 4.78 is 5.25. The second-order valence-corrected chi connectivity index (χ2v) is 4.25. The van der Waals surface area contributed by atoms with Gasteiger partial charge < -0.3 is 20.2 Å². The van der Waals surface area contributed by atoms with Crippen LogP contribution in [0.2, 0.25) is 0 Å². The molecule has 0 fully saturated rings. The van der Waals surface area contributed by atoms with E-state index >= 15 is 0 Å². The summed E-state index contributed by atoms with van der Waals surface area (Å²) in [7, 11) is 0. The van der Waals surface area contributed by atoms with Crippen molar-refractivity contribution in [3.63, 3.8) is 0 Å². The van der Waals surface area contributed by atoms with E-state index in [1.54, 1.807) is 19.1 Å². The van der Waals surface area contributed by atoms with Crippen molar-refractivity contribution in [1.29, 1.82) is 0 Å². The van der Waals surface area contributed by atoms with Gasteiger partial charge in [-0.1, -0.05) is 0 Å². The number of carboxylic acid groups (broad SMARTS) is 1. The van der Waals surface area contributed by atoms with Gasteiger partial charge in [-0.25, -0.2) is 9.59 Å². The van der Waals surface area contributed by atoms with E-state index in [1.165, 1.54) is 13.8 Å². The smallest absolute Gasteiger partial charge is 0.328 e. The van der Waals surface area contributed by atoms with Gasteiger partial charge >= 0.3 is 12.0 Å². The summed E-state index contributed by atoms with van der Waals surface area (Å²) in [5.41, 5.74) is -1.30. The first-order valence-corrected chi connectivity index (χ1v) is 5.16. The van der Waals surface area contributed by atoms with Gasteiger partial charge in [0.05, 0.1) is 6.54 Å². The molecule has 0 unspecified atom stereocenters. The molecule has 17 heavy (non-hydrogen) atoms. The molecule has 0 atom stereocenters. The van der Waals surface area contributed by atoms with Crippen LogP contribution in [0.15, 0.2) is 16.5 Å². The fourth-order valence-corrected chi connectivity index (χ4v) is 1.13. The quantitative estimate of drug-likeness (QED) is 0.738. The fraction of sp³-hybridized carbons (Fsp3) is 0.455. The number of aryl methyl sites for hydroxylation is 1. The molecule has 2 amide bonds. The summed E-state index contributed by atoms with van der Waals surface area (Å²) in [6, 6.07) is 2.99. The number of aliphatic carboxylic acids is 1. The molecule has 0 saturated heterocycles. The number of hydrogen-bond acceptors (Lipinski definition) is 3. The molecule has 0 aliphatic carbocycles. The zero-order valence-corrected chi connectivity index (χ0v) is 10.0. The van der Waals surface area contributed by atoms with E-state index in [4.69, 9.17) is 9.52 Å².